The third-order valence-corrected chi connectivity index (χ3v) is 7.50. The molecule has 4 aromatic rings. The molecule has 0 radical (unpaired) electrons. The monoisotopic (exact) mass is 538 g/mol. The number of rotatable bonds is 6. The SMILES string of the molecule is Cc1ncc2ccc(-c3cc(N[C@H](Cc4cccc(Cl)c4Cl)C(=O)N4CCN(C)CC4)nc(N)n3)cn12. The Hall–Kier alpha value is -3.40. The molecule has 3 aromatic heterocycles. The number of aryl methyl sites for hydroxylation is 1. The summed E-state index contributed by atoms with van der Waals surface area (Å²) in [6.07, 6.45) is 4.11. The molecule has 0 bridgehead atoms. The van der Waals surface area contributed by atoms with Crippen molar-refractivity contribution in [2.24, 2.45) is 0 Å². The van der Waals surface area contributed by atoms with Gasteiger partial charge >= 0.3 is 0 Å². The van der Waals surface area contributed by atoms with E-state index >= 15 is 0 Å². The van der Waals surface area contributed by atoms with Crippen LogP contribution in [0.25, 0.3) is 16.8 Å². The average Bonchev–Trinajstić information content (AvgIpc) is 3.26. The third kappa shape index (κ3) is 5.49. The summed E-state index contributed by atoms with van der Waals surface area (Å²) in [6.45, 7) is 4.87. The molecule has 1 fully saturated rings. The maximum atomic E-state index is 13.7. The topological polar surface area (TPSA) is 105 Å². The number of nitrogens with zero attached hydrogens (tertiary/aromatic N) is 6. The lowest BCUT2D eigenvalue weighted by molar-refractivity contribution is -0.133. The molecule has 192 valence electrons. The van der Waals surface area contributed by atoms with Crippen LogP contribution >= 0.6 is 23.2 Å². The first-order chi connectivity index (χ1) is 17.8. The number of hydrogen-bond acceptors (Lipinski definition) is 7. The molecular weight excluding hydrogens is 511 g/mol. The van der Waals surface area contributed by atoms with E-state index < -0.39 is 6.04 Å². The highest BCUT2D eigenvalue weighted by atomic mass is 35.5. The van der Waals surface area contributed by atoms with Gasteiger partial charge in [0.1, 0.15) is 17.7 Å². The number of anilines is 2. The van der Waals surface area contributed by atoms with Crippen molar-refractivity contribution in [2.45, 2.75) is 19.4 Å². The number of nitrogen functional groups attached to an aromatic ring is 1. The van der Waals surface area contributed by atoms with Crippen LogP contribution in [0, 0.1) is 6.92 Å². The number of imidazole rings is 1. The van der Waals surface area contributed by atoms with E-state index in [2.05, 4.69) is 32.2 Å². The van der Waals surface area contributed by atoms with Crippen molar-refractivity contribution in [3.8, 4) is 11.3 Å². The van der Waals surface area contributed by atoms with Crippen molar-refractivity contribution < 1.29 is 4.79 Å². The van der Waals surface area contributed by atoms with Crippen LogP contribution in [0.4, 0.5) is 11.8 Å². The fourth-order valence-corrected chi connectivity index (χ4v) is 4.91. The number of nitrogens with two attached hydrogens (primary N) is 1. The number of fused-ring (bicyclic) bond motifs is 1. The summed E-state index contributed by atoms with van der Waals surface area (Å²) in [5, 5.41) is 4.21. The highest BCUT2D eigenvalue weighted by molar-refractivity contribution is 6.42. The number of piperazine rings is 1. The zero-order valence-corrected chi connectivity index (χ0v) is 22.2. The molecule has 1 aliphatic rings. The minimum absolute atomic E-state index is 0.0293. The number of halogens is 2. The number of benzene rings is 1. The third-order valence-electron chi connectivity index (χ3n) is 6.64. The van der Waals surface area contributed by atoms with Gasteiger partial charge in [0.25, 0.3) is 0 Å². The largest absolute Gasteiger partial charge is 0.368 e. The number of aromatic nitrogens is 4. The Kier molecular flexibility index (Phi) is 7.19. The lowest BCUT2D eigenvalue weighted by Gasteiger charge is -2.35. The lowest BCUT2D eigenvalue weighted by Crippen LogP contribution is -2.52. The van der Waals surface area contributed by atoms with Gasteiger partial charge in [0.2, 0.25) is 11.9 Å². The molecule has 1 atom stereocenters. The zero-order valence-electron chi connectivity index (χ0n) is 20.7. The minimum Gasteiger partial charge on any atom is -0.368 e. The van der Waals surface area contributed by atoms with E-state index in [1.54, 1.807) is 12.1 Å². The number of pyridine rings is 1. The van der Waals surface area contributed by atoms with Gasteiger partial charge in [-0.2, -0.15) is 4.98 Å². The quantitative estimate of drug-likeness (QED) is 0.384. The normalized spacial score (nSPS) is 15.2. The van der Waals surface area contributed by atoms with E-state index in [4.69, 9.17) is 28.9 Å². The Balaban J connectivity index is 1.47. The highest BCUT2D eigenvalue weighted by Crippen LogP contribution is 2.28. The Labute approximate surface area is 225 Å². The number of hydrogen-bond donors (Lipinski definition) is 2. The van der Waals surface area contributed by atoms with Gasteiger partial charge in [-0.15, -0.1) is 0 Å². The van der Waals surface area contributed by atoms with Crippen molar-refractivity contribution in [1.29, 1.82) is 0 Å². The molecule has 5 rings (SSSR count). The molecule has 1 aliphatic heterocycles. The Morgan fingerprint density at radius 3 is 2.70 bits per heavy atom. The van der Waals surface area contributed by atoms with Gasteiger partial charge in [0.15, 0.2) is 0 Å². The van der Waals surface area contributed by atoms with Gasteiger partial charge in [-0.25, -0.2) is 9.97 Å². The summed E-state index contributed by atoms with van der Waals surface area (Å²) in [4.78, 5) is 30.9. The number of nitrogens with one attached hydrogen (secondary N) is 1. The van der Waals surface area contributed by atoms with Crippen LogP contribution < -0.4 is 11.1 Å². The summed E-state index contributed by atoms with van der Waals surface area (Å²) in [5.74, 6) is 1.40. The molecule has 0 spiro atoms. The molecule has 11 heteroatoms. The number of amides is 1. The number of likely N-dealkylation sites (N-methyl/N-ethyl adjacent to an activating group) is 1. The molecule has 1 saturated heterocycles. The molecular formula is C26H28Cl2N8O. The smallest absolute Gasteiger partial charge is 0.245 e. The fourth-order valence-electron chi connectivity index (χ4n) is 4.51. The predicted octanol–water partition coefficient (Wildman–Crippen LogP) is 3.79. The van der Waals surface area contributed by atoms with Crippen LogP contribution in [0.3, 0.4) is 0 Å². The highest BCUT2D eigenvalue weighted by Gasteiger charge is 2.28. The molecule has 0 unspecified atom stereocenters. The molecule has 1 aromatic carbocycles. The van der Waals surface area contributed by atoms with Crippen molar-refractivity contribution in [2.75, 3.05) is 44.3 Å². The van der Waals surface area contributed by atoms with E-state index in [1.807, 2.05) is 52.9 Å². The van der Waals surface area contributed by atoms with Crippen molar-refractivity contribution in [3.63, 3.8) is 0 Å². The van der Waals surface area contributed by atoms with Gasteiger partial charge in [0, 0.05) is 50.4 Å². The van der Waals surface area contributed by atoms with E-state index in [0.29, 0.717) is 41.1 Å². The van der Waals surface area contributed by atoms with Crippen molar-refractivity contribution >= 4 is 46.4 Å². The summed E-state index contributed by atoms with van der Waals surface area (Å²) < 4.78 is 1.99. The van der Waals surface area contributed by atoms with Gasteiger partial charge in [-0.3, -0.25) is 4.79 Å². The minimum atomic E-state index is -0.625. The fraction of sp³-hybridized carbons (Fsp3) is 0.308. The second-order valence-corrected chi connectivity index (χ2v) is 10.0. The van der Waals surface area contributed by atoms with E-state index in [9.17, 15) is 4.79 Å². The Bertz CT molecular complexity index is 1450. The van der Waals surface area contributed by atoms with Gasteiger partial charge < -0.3 is 25.3 Å². The Morgan fingerprint density at radius 2 is 1.92 bits per heavy atom. The maximum Gasteiger partial charge on any atom is 0.245 e. The zero-order chi connectivity index (χ0) is 26.1. The molecule has 0 aliphatic carbocycles. The summed E-state index contributed by atoms with van der Waals surface area (Å²) in [6, 6.07) is 10.5. The summed E-state index contributed by atoms with van der Waals surface area (Å²) in [7, 11) is 2.05. The second-order valence-electron chi connectivity index (χ2n) is 9.26. The molecule has 37 heavy (non-hydrogen) atoms. The number of carbonyl (C=O) groups is 1. The van der Waals surface area contributed by atoms with Crippen LogP contribution in [0.15, 0.2) is 48.8 Å². The first-order valence-electron chi connectivity index (χ1n) is 12.0. The number of carbonyl (C=O) groups excluding carboxylic acids is 1. The van der Waals surface area contributed by atoms with E-state index in [-0.39, 0.29) is 11.9 Å². The molecule has 3 N–H and O–H groups in total. The van der Waals surface area contributed by atoms with Crippen LogP contribution in [0.2, 0.25) is 10.0 Å². The van der Waals surface area contributed by atoms with Gasteiger partial charge in [0.05, 0.1) is 27.5 Å². The predicted molar refractivity (Wildman–Crippen MR) is 147 cm³/mol. The molecule has 1 amide bonds. The first-order valence-corrected chi connectivity index (χ1v) is 12.8. The Morgan fingerprint density at radius 1 is 1.14 bits per heavy atom. The average molecular weight is 539 g/mol. The van der Waals surface area contributed by atoms with Crippen molar-refractivity contribution in [3.05, 3.63) is 70.2 Å². The van der Waals surface area contributed by atoms with E-state index in [0.717, 1.165) is 35.6 Å². The van der Waals surface area contributed by atoms with Gasteiger partial charge in [-0.05, 0) is 37.7 Å². The molecule has 9 nitrogen and oxygen atoms in total. The van der Waals surface area contributed by atoms with Crippen LogP contribution in [0.5, 0.6) is 0 Å². The summed E-state index contributed by atoms with van der Waals surface area (Å²) >= 11 is 12.7. The van der Waals surface area contributed by atoms with Gasteiger partial charge in [-0.1, -0.05) is 35.3 Å². The van der Waals surface area contributed by atoms with Crippen molar-refractivity contribution in [1.82, 2.24) is 29.2 Å². The lowest BCUT2D eigenvalue weighted by atomic mass is 10.0. The summed E-state index contributed by atoms with van der Waals surface area (Å²) in [5.41, 5.74) is 9.35. The maximum absolute atomic E-state index is 13.7. The van der Waals surface area contributed by atoms with Crippen LogP contribution in [-0.4, -0.2) is 74.3 Å². The van der Waals surface area contributed by atoms with Crippen LogP contribution in [-0.2, 0) is 11.2 Å². The van der Waals surface area contributed by atoms with E-state index in [1.165, 1.54) is 0 Å². The molecule has 0 saturated carbocycles. The standard InChI is InChI=1S/C26H28Cl2N8O/c1-16-30-14-19-7-6-18(15-36(16)19)21-13-23(33-26(29)32-21)31-22(12-17-4-3-5-20(27)24(17)28)25(37)35-10-8-34(2)9-11-35/h3-7,13-15,22H,8-12H2,1-2H3,(H3,29,31,32,33)/t22-/m1/s1. The second kappa shape index (κ2) is 10.5. The first kappa shape index (κ1) is 25.3. The molecule has 4 heterocycles. The van der Waals surface area contributed by atoms with Crippen LogP contribution in [0.1, 0.15) is 11.4 Å².